The van der Waals surface area contributed by atoms with Gasteiger partial charge in [0.2, 0.25) is 11.8 Å². The molecule has 25 heavy (non-hydrogen) atoms. The number of carbonyl (C=O) groups is 3. The van der Waals surface area contributed by atoms with Crippen molar-refractivity contribution in [1.29, 1.82) is 0 Å². The molecule has 0 radical (unpaired) electrons. The number of piperidine rings is 1. The van der Waals surface area contributed by atoms with Gasteiger partial charge in [-0.3, -0.25) is 19.7 Å². The van der Waals surface area contributed by atoms with Crippen molar-refractivity contribution in [2.45, 2.75) is 25.4 Å². The van der Waals surface area contributed by atoms with Gasteiger partial charge in [-0.25, -0.2) is 0 Å². The van der Waals surface area contributed by atoms with Crippen LogP contribution in [0.15, 0.2) is 18.2 Å². The zero-order valence-electron chi connectivity index (χ0n) is 13.8. The fourth-order valence-electron chi connectivity index (χ4n) is 3.66. The Hall–Kier alpha value is -2.12. The number of rotatable bonds is 2. The molecule has 3 aliphatic heterocycles. The van der Waals surface area contributed by atoms with Gasteiger partial charge in [0.1, 0.15) is 6.04 Å². The molecule has 3 amide bonds. The smallest absolute Gasteiger partial charge is 0.255 e. The SMILES string of the molecule is Cl.O=C1CC[C@H](N2Cc3ccc(N4CCNCC4)cc3C2=O)C(=O)N1. The number of piperazine rings is 1. The third-order valence-corrected chi connectivity index (χ3v) is 4.99. The first kappa shape index (κ1) is 17.7. The first-order valence-corrected chi connectivity index (χ1v) is 8.37. The number of imide groups is 1. The van der Waals surface area contributed by atoms with Gasteiger partial charge in [0, 0.05) is 50.4 Å². The Morgan fingerprint density at radius 3 is 2.56 bits per heavy atom. The molecule has 0 aromatic heterocycles. The van der Waals surface area contributed by atoms with Crippen LogP contribution in [0, 0.1) is 0 Å². The number of nitrogens with one attached hydrogen (secondary N) is 2. The molecule has 0 aliphatic carbocycles. The van der Waals surface area contributed by atoms with E-state index in [1.165, 1.54) is 0 Å². The number of hydrogen-bond acceptors (Lipinski definition) is 5. The Morgan fingerprint density at radius 2 is 1.84 bits per heavy atom. The van der Waals surface area contributed by atoms with Crippen LogP contribution in [-0.2, 0) is 16.1 Å². The molecule has 1 aromatic rings. The zero-order chi connectivity index (χ0) is 16.7. The number of hydrogen-bond donors (Lipinski definition) is 2. The van der Waals surface area contributed by atoms with Crippen LogP contribution in [0.4, 0.5) is 5.69 Å². The summed E-state index contributed by atoms with van der Waals surface area (Å²) in [4.78, 5) is 40.0. The summed E-state index contributed by atoms with van der Waals surface area (Å²) >= 11 is 0. The molecule has 2 fully saturated rings. The predicted octanol–water partition coefficient (Wildman–Crippen LogP) is 0.279. The topological polar surface area (TPSA) is 81.8 Å². The zero-order valence-corrected chi connectivity index (χ0v) is 14.6. The van der Waals surface area contributed by atoms with Crippen LogP contribution in [0.5, 0.6) is 0 Å². The molecule has 4 rings (SSSR count). The van der Waals surface area contributed by atoms with Crippen molar-refractivity contribution in [2.75, 3.05) is 31.1 Å². The Balaban J connectivity index is 0.00000182. The summed E-state index contributed by atoms with van der Waals surface area (Å²) in [6.45, 7) is 4.15. The third kappa shape index (κ3) is 3.21. The van der Waals surface area contributed by atoms with Gasteiger partial charge in [-0.1, -0.05) is 6.07 Å². The van der Waals surface area contributed by atoms with E-state index in [0.29, 0.717) is 18.5 Å². The van der Waals surface area contributed by atoms with Crippen LogP contribution < -0.4 is 15.5 Å². The molecule has 3 aliphatic rings. The van der Waals surface area contributed by atoms with Gasteiger partial charge < -0.3 is 15.1 Å². The Labute approximate surface area is 152 Å². The normalized spacial score (nSPS) is 23.2. The van der Waals surface area contributed by atoms with Crippen LogP contribution in [0.2, 0.25) is 0 Å². The molecule has 1 atom stereocenters. The second-order valence-corrected chi connectivity index (χ2v) is 6.48. The van der Waals surface area contributed by atoms with Crippen molar-refractivity contribution in [2.24, 2.45) is 0 Å². The molecule has 0 spiro atoms. The lowest BCUT2D eigenvalue weighted by Gasteiger charge is -2.30. The second-order valence-electron chi connectivity index (χ2n) is 6.48. The van der Waals surface area contributed by atoms with Crippen molar-refractivity contribution in [3.8, 4) is 0 Å². The summed E-state index contributed by atoms with van der Waals surface area (Å²) in [6, 6.07) is 5.42. The molecule has 3 heterocycles. The molecular formula is C17H21ClN4O3. The molecule has 7 nitrogen and oxygen atoms in total. The summed E-state index contributed by atoms with van der Waals surface area (Å²) in [6.07, 6.45) is 0.678. The summed E-state index contributed by atoms with van der Waals surface area (Å²) in [5.74, 6) is -0.743. The molecule has 134 valence electrons. The van der Waals surface area contributed by atoms with Crippen LogP contribution in [0.3, 0.4) is 0 Å². The molecule has 2 N–H and O–H groups in total. The number of amides is 3. The predicted molar refractivity (Wildman–Crippen MR) is 94.8 cm³/mol. The highest BCUT2D eigenvalue weighted by molar-refractivity contribution is 6.05. The summed E-state index contributed by atoms with van der Waals surface area (Å²) in [7, 11) is 0. The summed E-state index contributed by atoms with van der Waals surface area (Å²) in [5, 5.41) is 5.65. The maximum absolute atomic E-state index is 12.8. The second kappa shape index (κ2) is 7.01. The molecular weight excluding hydrogens is 344 g/mol. The van der Waals surface area contributed by atoms with Crippen LogP contribution in [-0.4, -0.2) is 54.8 Å². The van der Waals surface area contributed by atoms with Gasteiger partial charge in [0.05, 0.1) is 0 Å². The average molecular weight is 365 g/mol. The van der Waals surface area contributed by atoms with E-state index in [1.807, 2.05) is 18.2 Å². The van der Waals surface area contributed by atoms with Crippen molar-refractivity contribution in [3.05, 3.63) is 29.3 Å². The fraction of sp³-hybridized carbons (Fsp3) is 0.471. The van der Waals surface area contributed by atoms with Crippen LogP contribution in [0.25, 0.3) is 0 Å². The quantitative estimate of drug-likeness (QED) is 0.737. The highest BCUT2D eigenvalue weighted by atomic mass is 35.5. The first-order chi connectivity index (χ1) is 11.6. The van der Waals surface area contributed by atoms with Crippen LogP contribution in [0.1, 0.15) is 28.8 Å². The molecule has 8 heteroatoms. The molecule has 0 bridgehead atoms. The van der Waals surface area contributed by atoms with E-state index in [9.17, 15) is 14.4 Å². The molecule has 2 saturated heterocycles. The van der Waals surface area contributed by atoms with Crippen molar-refractivity contribution in [1.82, 2.24) is 15.5 Å². The number of anilines is 1. The van der Waals surface area contributed by atoms with Gasteiger partial charge in [-0.2, -0.15) is 0 Å². The van der Waals surface area contributed by atoms with Gasteiger partial charge in [-0.05, 0) is 24.1 Å². The number of benzene rings is 1. The van der Waals surface area contributed by atoms with E-state index in [0.717, 1.165) is 37.4 Å². The Kier molecular flexibility index (Phi) is 4.96. The van der Waals surface area contributed by atoms with Gasteiger partial charge in [-0.15, -0.1) is 12.4 Å². The van der Waals surface area contributed by atoms with E-state index in [-0.39, 0.29) is 36.5 Å². The minimum Gasteiger partial charge on any atom is -0.369 e. The number of fused-ring (bicyclic) bond motifs is 1. The van der Waals surface area contributed by atoms with E-state index >= 15 is 0 Å². The minimum absolute atomic E-state index is 0. The number of nitrogens with zero attached hydrogens (tertiary/aromatic N) is 2. The van der Waals surface area contributed by atoms with Crippen molar-refractivity contribution >= 4 is 35.8 Å². The summed E-state index contributed by atoms with van der Waals surface area (Å²) < 4.78 is 0. The molecule has 1 aromatic carbocycles. The third-order valence-electron chi connectivity index (χ3n) is 4.99. The summed E-state index contributed by atoms with van der Waals surface area (Å²) in [5.41, 5.74) is 2.67. The van der Waals surface area contributed by atoms with Crippen molar-refractivity contribution < 1.29 is 14.4 Å². The first-order valence-electron chi connectivity index (χ1n) is 8.37. The van der Waals surface area contributed by atoms with Gasteiger partial charge in [0.15, 0.2) is 0 Å². The van der Waals surface area contributed by atoms with E-state index in [4.69, 9.17) is 0 Å². The Morgan fingerprint density at radius 1 is 1.08 bits per heavy atom. The van der Waals surface area contributed by atoms with Gasteiger partial charge in [0.25, 0.3) is 5.91 Å². The largest absolute Gasteiger partial charge is 0.369 e. The number of carbonyl (C=O) groups excluding carboxylic acids is 3. The minimum atomic E-state index is -0.551. The lowest BCUT2D eigenvalue weighted by Crippen LogP contribution is -2.52. The Bertz CT molecular complexity index is 718. The fourth-order valence-corrected chi connectivity index (χ4v) is 3.66. The van der Waals surface area contributed by atoms with E-state index < -0.39 is 6.04 Å². The average Bonchev–Trinajstić information content (AvgIpc) is 2.92. The maximum Gasteiger partial charge on any atom is 0.255 e. The van der Waals surface area contributed by atoms with Gasteiger partial charge >= 0.3 is 0 Å². The van der Waals surface area contributed by atoms with Crippen LogP contribution >= 0.6 is 12.4 Å². The lowest BCUT2D eigenvalue weighted by molar-refractivity contribution is -0.136. The van der Waals surface area contributed by atoms with E-state index in [1.54, 1.807) is 4.90 Å². The molecule has 0 saturated carbocycles. The monoisotopic (exact) mass is 364 g/mol. The standard InChI is InChI=1S/C17H20N4O3.ClH/c22-15-4-3-14(16(23)19-15)21-10-11-1-2-12(9-13(11)17(21)24)20-7-5-18-6-8-20;/h1-2,9,14,18H,3-8,10H2,(H,19,22,23);1H/t14-;/m0./s1. The van der Waals surface area contributed by atoms with Crippen molar-refractivity contribution in [3.63, 3.8) is 0 Å². The lowest BCUT2D eigenvalue weighted by atomic mass is 10.0. The highest BCUT2D eigenvalue weighted by Crippen LogP contribution is 2.30. The maximum atomic E-state index is 12.8. The van der Waals surface area contributed by atoms with E-state index in [2.05, 4.69) is 15.5 Å². The molecule has 0 unspecified atom stereocenters. The highest BCUT2D eigenvalue weighted by Gasteiger charge is 2.39. The number of halogens is 1.